The van der Waals surface area contributed by atoms with Crippen LogP contribution in [0.25, 0.3) is 0 Å². The predicted octanol–water partition coefficient (Wildman–Crippen LogP) is 4.32. The molecule has 0 fully saturated rings. The van der Waals surface area contributed by atoms with Crippen molar-refractivity contribution in [3.05, 3.63) is 51.3 Å². The van der Waals surface area contributed by atoms with Crippen molar-refractivity contribution < 1.29 is 0 Å². The van der Waals surface area contributed by atoms with Crippen LogP contribution in [-0.2, 0) is 13.6 Å². The van der Waals surface area contributed by atoms with Crippen LogP contribution in [0.2, 0.25) is 0 Å². The second-order valence-electron chi connectivity index (χ2n) is 4.75. The quantitative estimate of drug-likeness (QED) is 0.893. The number of aromatic nitrogens is 1. The summed E-state index contributed by atoms with van der Waals surface area (Å²) in [6.07, 6.45) is 0. The third kappa shape index (κ3) is 2.46. The highest BCUT2D eigenvalue weighted by Crippen LogP contribution is 2.26. The van der Waals surface area contributed by atoms with E-state index in [4.69, 9.17) is 0 Å². The summed E-state index contributed by atoms with van der Waals surface area (Å²) in [5.41, 5.74) is 6.37. The lowest BCUT2D eigenvalue weighted by Crippen LogP contribution is -2.02. The second-order valence-corrected chi connectivity index (χ2v) is 5.54. The van der Waals surface area contributed by atoms with E-state index in [2.05, 4.69) is 77.9 Å². The van der Waals surface area contributed by atoms with Gasteiger partial charge in [-0.3, -0.25) is 0 Å². The van der Waals surface area contributed by atoms with Crippen molar-refractivity contribution in [2.75, 3.05) is 5.32 Å². The normalized spacial score (nSPS) is 10.7. The Morgan fingerprint density at radius 1 is 1.22 bits per heavy atom. The van der Waals surface area contributed by atoms with Crippen LogP contribution in [0.5, 0.6) is 0 Å². The number of nitrogens with one attached hydrogen (secondary N) is 1. The van der Waals surface area contributed by atoms with E-state index in [1.807, 2.05) is 0 Å². The molecule has 18 heavy (non-hydrogen) atoms. The molecule has 0 bridgehead atoms. The molecule has 0 amide bonds. The van der Waals surface area contributed by atoms with E-state index in [-0.39, 0.29) is 0 Å². The van der Waals surface area contributed by atoms with Gasteiger partial charge < -0.3 is 9.88 Å². The maximum Gasteiger partial charge on any atom is 0.0490 e. The van der Waals surface area contributed by atoms with Crippen molar-refractivity contribution in [3.8, 4) is 0 Å². The molecule has 0 aliphatic heterocycles. The maximum atomic E-state index is 3.62. The minimum Gasteiger partial charge on any atom is -0.380 e. The Morgan fingerprint density at radius 3 is 2.56 bits per heavy atom. The van der Waals surface area contributed by atoms with Crippen molar-refractivity contribution in [3.63, 3.8) is 0 Å². The molecule has 0 saturated carbocycles. The van der Waals surface area contributed by atoms with Crippen molar-refractivity contribution in [1.82, 2.24) is 4.57 Å². The zero-order chi connectivity index (χ0) is 13.3. The summed E-state index contributed by atoms with van der Waals surface area (Å²) in [6, 6.07) is 8.52. The van der Waals surface area contributed by atoms with E-state index in [9.17, 15) is 0 Å². The molecule has 1 aromatic heterocycles. The van der Waals surface area contributed by atoms with Crippen LogP contribution in [0.15, 0.2) is 28.7 Å². The van der Waals surface area contributed by atoms with E-state index < -0.39 is 0 Å². The topological polar surface area (TPSA) is 17.0 Å². The highest BCUT2D eigenvalue weighted by atomic mass is 79.9. The van der Waals surface area contributed by atoms with Crippen LogP contribution in [0.3, 0.4) is 0 Å². The van der Waals surface area contributed by atoms with Gasteiger partial charge in [0.1, 0.15) is 0 Å². The Balaban J connectivity index is 2.16. The molecule has 0 saturated heterocycles. The smallest absolute Gasteiger partial charge is 0.0490 e. The third-order valence-electron chi connectivity index (χ3n) is 3.54. The van der Waals surface area contributed by atoms with Gasteiger partial charge in [0, 0.05) is 35.1 Å². The Kier molecular flexibility index (Phi) is 3.81. The van der Waals surface area contributed by atoms with Crippen molar-refractivity contribution in [1.29, 1.82) is 0 Å². The van der Waals surface area contributed by atoms with Crippen LogP contribution in [-0.4, -0.2) is 4.57 Å². The molecule has 0 unspecified atom stereocenters. The molecule has 0 radical (unpaired) electrons. The summed E-state index contributed by atoms with van der Waals surface area (Å²) >= 11 is 3.62. The van der Waals surface area contributed by atoms with Crippen molar-refractivity contribution in [2.24, 2.45) is 7.05 Å². The van der Waals surface area contributed by atoms with Gasteiger partial charge in [0.2, 0.25) is 0 Å². The molecular weight excluding hydrogens is 288 g/mol. The first-order chi connectivity index (χ1) is 8.50. The van der Waals surface area contributed by atoms with Gasteiger partial charge in [-0.15, -0.1) is 0 Å². The van der Waals surface area contributed by atoms with Gasteiger partial charge in [-0.2, -0.15) is 0 Å². The number of hydrogen-bond acceptors (Lipinski definition) is 1. The predicted molar refractivity (Wildman–Crippen MR) is 81.1 cm³/mol. The monoisotopic (exact) mass is 306 g/mol. The van der Waals surface area contributed by atoms with Gasteiger partial charge in [0.05, 0.1) is 0 Å². The number of benzene rings is 1. The highest BCUT2D eigenvalue weighted by molar-refractivity contribution is 9.10. The lowest BCUT2D eigenvalue weighted by atomic mass is 10.2. The Bertz CT molecular complexity index is 570. The largest absolute Gasteiger partial charge is 0.380 e. The number of nitrogens with zero attached hydrogens (tertiary/aromatic N) is 1. The molecule has 1 aromatic carbocycles. The summed E-state index contributed by atoms with van der Waals surface area (Å²) < 4.78 is 3.37. The van der Waals surface area contributed by atoms with Gasteiger partial charge >= 0.3 is 0 Å². The summed E-state index contributed by atoms with van der Waals surface area (Å²) in [5, 5.41) is 3.49. The molecule has 0 atom stereocenters. The molecule has 0 spiro atoms. The minimum absolute atomic E-state index is 0.857. The summed E-state index contributed by atoms with van der Waals surface area (Å²) in [5.74, 6) is 0. The van der Waals surface area contributed by atoms with E-state index in [0.29, 0.717) is 0 Å². The van der Waals surface area contributed by atoms with Gasteiger partial charge in [-0.1, -0.05) is 12.1 Å². The van der Waals surface area contributed by atoms with E-state index in [1.54, 1.807) is 0 Å². The average molecular weight is 307 g/mol. The van der Waals surface area contributed by atoms with E-state index in [1.165, 1.54) is 22.5 Å². The standard InChI is InChI=1S/C15H19BrN2/c1-10-6-5-7-14(15(10)16)17-9-13-8-11(2)18(4)12(13)3/h5-8,17H,9H2,1-4H3. The SMILES string of the molecule is Cc1cccc(NCc2cc(C)n(C)c2C)c1Br. The molecule has 1 heterocycles. The Morgan fingerprint density at radius 2 is 1.94 bits per heavy atom. The fourth-order valence-corrected chi connectivity index (χ4v) is 2.49. The molecule has 2 aromatic rings. The molecular formula is C15H19BrN2. The Hall–Kier alpha value is -1.22. The molecule has 2 nitrogen and oxygen atoms in total. The van der Waals surface area contributed by atoms with Gasteiger partial charge in [-0.05, 0) is 60.0 Å². The fourth-order valence-electron chi connectivity index (χ4n) is 2.09. The van der Waals surface area contributed by atoms with Gasteiger partial charge in [-0.25, -0.2) is 0 Å². The number of halogens is 1. The van der Waals surface area contributed by atoms with Crippen LogP contribution in [0, 0.1) is 20.8 Å². The Labute approximate surface area is 117 Å². The average Bonchev–Trinajstić information content (AvgIpc) is 2.59. The molecule has 1 N–H and O–H groups in total. The van der Waals surface area contributed by atoms with Crippen LogP contribution in [0.4, 0.5) is 5.69 Å². The van der Waals surface area contributed by atoms with Crippen LogP contribution < -0.4 is 5.32 Å². The molecule has 2 rings (SSSR count). The van der Waals surface area contributed by atoms with Crippen molar-refractivity contribution >= 4 is 21.6 Å². The zero-order valence-electron chi connectivity index (χ0n) is 11.3. The summed E-state index contributed by atoms with van der Waals surface area (Å²) in [4.78, 5) is 0. The van der Waals surface area contributed by atoms with Crippen LogP contribution >= 0.6 is 15.9 Å². The first-order valence-corrected chi connectivity index (χ1v) is 6.90. The second kappa shape index (κ2) is 5.19. The summed E-state index contributed by atoms with van der Waals surface area (Å²) in [7, 11) is 2.11. The number of anilines is 1. The zero-order valence-corrected chi connectivity index (χ0v) is 12.9. The van der Waals surface area contributed by atoms with E-state index >= 15 is 0 Å². The minimum atomic E-state index is 0.857. The maximum absolute atomic E-state index is 3.62. The fraction of sp³-hybridized carbons (Fsp3) is 0.333. The number of rotatable bonds is 3. The van der Waals surface area contributed by atoms with Gasteiger partial charge in [0.25, 0.3) is 0 Å². The molecule has 96 valence electrons. The summed E-state index contributed by atoms with van der Waals surface area (Å²) in [6.45, 7) is 7.26. The first kappa shape index (κ1) is 13.2. The molecule has 3 heteroatoms. The first-order valence-electron chi connectivity index (χ1n) is 6.11. The lowest BCUT2D eigenvalue weighted by Gasteiger charge is -2.10. The molecule has 0 aliphatic carbocycles. The molecule has 0 aliphatic rings. The van der Waals surface area contributed by atoms with E-state index in [0.717, 1.165) is 16.7 Å². The van der Waals surface area contributed by atoms with Gasteiger partial charge in [0.15, 0.2) is 0 Å². The van der Waals surface area contributed by atoms with Crippen molar-refractivity contribution in [2.45, 2.75) is 27.3 Å². The number of aryl methyl sites for hydroxylation is 2. The van der Waals surface area contributed by atoms with Crippen LogP contribution in [0.1, 0.15) is 22.5 Å². The third-order valence-corrected chi connectivity index (χ3v) is 4.59. The highest BCUT2D eigenvalue weighted by Gasteiger charge is 2.07. The lowest BCUT2D eigenvalue weighted by molar-refractivity contribution is 0.837. The number of hydrogen-bond donors (Lipinski definition) is 1.